The van der Waals surface area contributed by atoms with Gasteiger partial charge in [-0.1, -0.05) is 18.5 Å². The molecule has 0 amide bonds. The minimum absolute atomic E-state index is 0.0838. The first kappa shape index (κ1) is 20.5. The summed E-state index contributed by atoms with van der Waals surface area (Å²) in [6.45, 7) is 2.26. The molecule has 2 N–H and O–H groups in total. The van der Waals surface area contributed by atoms with Crippen molar-refractivity contribution < 1.29 is 4.39 Å². The number of H-pyrrole nitrogens is 1. The number of nitrogens with one attached hydrogen (secondary N) is 2. The van der Waals surface area contributed by atoms with Gasteiger partial charge >= 0.3 is 0 Å². The SMILES string of the molecule is C[C@H]1C2CCC(CC2)[C@@H]1Nc1nc(-c2c[nH]c3ncc(Cl)nc23)nc(-c2ncnn2C)c1F. The maximum Gasteiger partial charge on any atom is 0.194 e. The van der Waals surface area contributed by atoms with E-state index in [-0.39, 0.29) is 22.7 Å². The zero-order chi connectivity index (χ0) is 22.7. The fraction of sp³-hybridized carbons (Fsp3) is 0.455. The van der Waals surface area contributed by atoms with Crippen LogP contribution in [0.4, 0.5) is 10.2 Å². The van der Waals surface area contributed by atoms with Gasteiger partial charge < -0.3 is 10.3 Å². The Morgan fingerprint density at radius 1 is 1.12 bits per heavy atom. The lowest BCUT2D eigenvalue weighted by Gasteiger charge is -2.47. The predicted molar refractivity (Wildman–Crippen MR) is 122 cm³/mol. The van der Waals surface area contributed by atoms with Crippen LogP contribution in [0.25, 0.3) is 34.1 Å². The zero-order valence-electron chi connectivity index (χ0n) is 18.3. The first-order valence-corrected chi connectivity index (χ1v) is 11.6. The van der Waals surface area contributed by atoms with Crippen LogP contribution in [0.3, 0.4) is 0 Å². The number of anilines is 1. The number of hydrogen-bond donors (Lipinski definition) is 2. The fourth-order valence-electron chi connectivity index (χ4n) is 5.52. The van der Waals surface area contributed by atoms with Gasteiger partial charge in [0.1, 0.15) is 22.7 Å². The molecule has 0 spiro atoms. The Morgan fingerprint density at radius 2 is 1.91 bits per heavy atom. The van der Waals surface area contributed by atoms with E-state index in [1.54, 1.807) is 13.2 Å². The second-order valence-corrected chi connectivity index (χ2v) is 9.45. The summed E-state index contributed by atoms with van der Waals surface area (Å²) >= 11 is 6.08. The van der Waals surface area contributed by atoms with Gasteiger partial charge in [-0.25, -0.2) is 34.0 Å². The Hall–Kier alpha value is -3.14. The third-order valence-electron chi connectivity index (χ3n) is 7.30. The molecule has 33 heavy (non-hydrogen) atoms. The Balaban J connectivity index is 1.50. The standard InChI is InChI=1S/C22H23ClFN9/c1-10-11-3-5-12(6-4-11)16(10)30-20-15(24)18(22-27-9-28-33(22)2)31-19(32-20)13-7-25-21-17(13)29-14(23)8-26-21/h7-12,16H,3-6H2,1-2H3,(H,25,26)(H,30,31,32)/t10-,11?,12?,16+/m0/s1. The molecular formula is C22H23ClFN9. The molecule has 0 aliphatic heterocycles. The smallest absolute Gasteiger partial charge is 0.194 e. The Labute approximate surface area is 194 Å². The van der Waals surface area contributed by atoms with Crippen LogP contribution in [0.5, 0.6) is 0 Å². The lowest BCUT2D eigenvalue weighted by atomic mass is 9.62. The zero-order valence-corrected chi connectivity index (χ0v) is 19.0. The van der Waals surface area contributed by atoms with Gasteiger partial charge in [-0.2, -0.15) is 5.10 Å². The highest BCUT2D eigenvalue weighted by atomic mass is 35.5. The molecule has 9 nitrogen and oxygen atoms in total. The van der Waals surface area contributed by atoms with Crippen molar-refractivity contribution in [3.05, 3.63) is 29.7 Å². The predicted octanol–water partition coefficient (Wildman–Crippen LogP) is 4.24. The summed E-state index contributed by atoms with van der Waals surface area (Å²) in [5, 5.41) is 7.80. The molecular weight excluding hydrogens is 445 g/mol. The molecule has 4 aromatic heterocycles. The maximum absolute atomic E-state index is 15.8. The monoisotopic (exact) mass is 467 g/mol. The average molecular weight is 468 g/mol. The van der Waals surface area contributed by atoms with E-state index in [1.165, 1.54) is 42.9 Å². The van der Waals surface area contributed by atoms with E-state index in [1.807, 2.05) is 0 Å². The Kier molecular flexibility index (Phi) is 4.79. The van der Waals surface area contributed by atoms with Gasteiger partial charge in [0.05, 0.1) is 11.8 Å². The quantitative estimate of drug-likeness (QED) is 0.461. The van der Waals surface area contributed by atoms with E-state index >= 15 is 4.39 Å². The summed E-state index contributed by atoms with van der Waals surface area (Å²) in [7, 11) is 1.70. The van der Waals surface area contributed by atoms with Crippen LogP contribution in [0.1, 0.15) is 32.6 Å². The summed E-state index contributed by atoms with van der Waals surface area (Å²) in [4.78, 5) is 25.1. The van der Waals surface area contributed by atoms with Crippen molar-refractivity contribution in [2.75, 3.05) is 5.32 Å². The highest BCUT2D eigenvalue weighted by Gasteiger charge is 2.41. The number of aromatic amines is 1. The van der Waals surface area contributed by atoms with E-state index in [0.29, 0.717) is 46.1 Å². The van der Waals surface area contributed by atoms with Gasteiger partial charge in [0.15, 0.2) is 28.9 Å². The highest BCUT2D eigenvalue weighted by Crippen LogP contribution is 2.46. The lowest BCUT2D eigenvalue weighted by Crippen LogP contribution is -2.47. The van der Waals surface area contributed by atoms with Crippen LogP contribution in [0.2, 0.25) is 5.15 Å². The number of rotatable bonds is 4. The number of halogens is 2. The largest absolute Gasteiger partial charge is 0.364 e. The van der Waals surface area contributed by atoms with Crippen molar-refractivity contribution >= 4 is 28.6 Å². The maximum atomic E-state index is 15.8. The fourth-order valence-corrected chi connectivity index (χ4v) is 5.66. The van der Waals surface area contributed by atoms with Gasteiger partial charge in [-0.3, -0.25) is 0 Å². The minimum atomic E-state index is -0.535. The van der Waals surface area contributed by atoms with Crippen molar-refractivity contribution in [2.24, 2.45) is 24.8 Å². The van der Waals surface area contributed by atoms with Crippen LogP contribution in [-0.2, 0) is 7.05 Å². The molecule has 11 heteroatoms. The molecule has 4 aromatic rings. The van der Waals surface area contributed by atoms with Gasteiger partial charge in [-0.15, -0.1) is 0 Å². The molecule has 0 unspecified atom stereocenters. The van der Waals surface area contributed by atoms with Gasteiger partial charge in [0, 0.05) is 19.3 Å². The van der Waals surface area contributed by atoms with Gasteiger partial charge in [-0.05, 0) is 43.4 Å². The number of fused-ring (bicyclic) bond motifs is 4. The molecule has 0 saturated heterocycles. The molecule has 4 heterocycles. The van der Waals surface area contributed by atoms with Crippen LogP contribution in [-0.4, -0.2) is 45.7 Å². The molecule has 3 aliphatic rings. The molecule has 2 bridgehead atoms. The number of aryl methyl sites for hydroxylation is 1. The normalized spacial score (nSPS) is 24.5. The van der Waals surface area contributed by atoms with Crippen LogP contribution < -0.4 is 5.32 Å². The number of aromatic nitrogens is 8. The Morgan fingerprint density at radius 3 is 2.64 bits per heavy atom. The van der Waals surface area contributed by atoms with Crippen LogP contribution in [0.15, 0.2) is 18.7 Å². The van der Waals surface area contributed by atoms with Crippen LogP contribution >= 0.6 is 11.6 Å². The molecule has 3 fully saturated rings. The summed E-state index contributed by atoms with van der Waals surface area (Å²) in [5.41, 5.74) is 1.74. The van der Waals surface area contributed by atoms with Crippen molar-refractivity contribution in [3.63, 3.8) is 0 Å². The second kappa shape index (κ2) is 7.72. The van der Waals surface area contributed by atoms with Crippen molar-refractivity contribution in [1.82, 2.24) is 39.7 Å². The summed E-state index contributed by atoms with van der Waals surface area (Å²) in [6.07, 6.45) is 9.39. The highest BCUT2D eigenvalue weighted by molar-refractivity contribution is 6.29. The van der Waals surface area contributed by atoms with E-state index in [4.69, 9.17) is 11.6 Å². The van der Waals surface area contributed by atoms with Gasteiger partial charge in [0.25, 0.3) is 0 Å². The summed E-state index contributed by atoms with van der Waals surface area (Å²) in [5.74, 6) is 1.90. The number of nitrogens with zero attached hydrogens (tertiary/aromatic N) is 7. The topological polar surface area (TPSA) is 110 Å². The number of hydrogen-bond acceptors (Lipinski definition) is 7. The summed E-state index contributed by atoms with van der Waals surface area (Å²) < 4.78 is 17.3. The molecule has 7 rings (SSSR count). The van der Waals surface area contributed by atoms with Crippen molar-refractivity contribution in [2.45, 2.75) is 38.6 Å². The minimum Gasteiger partial charge on any atom is -0.364 e. The van der Waals surface area contributed by atoms with Crippen LogP contribution in [0, 0.1) is 23.6 Å². The third kappa shape index (κ3) is 3.35. The van der Waals surface area contributed by atoms with E-state index in [0.717, 1.165) is 0 Å². The molecule has 0 aromatic carbocycles. The molecule has 3 aliphatic carbocycles. The lowest BCUT2D eigenvalue weighted by molar-refractivity contribution is 0.0926. The van der Waals surface area contributed by atoms with E-state index in [2.05, 4.69) is 47.2 Å². The first-order valence-electron chi connectivity index (χ1n) is 11.2. The van der Waals surface area contributed by atoms with E-state index < -0.39 is 5.82 Å². The molecule has 3 saturated carbocycles. The molecule has 170 valence electrons. The van der Waals surface area contributed by atoms with Crippen molar-refractivity contribution in [1.29, 1.82) is 0 Å². The Bertz CT molecular complexity index is 1340. The first-order chi connectivity index (χ1) is 16.0. The molecule has 2 atom stereocenters. The average Bonchev–Trinajstić information content (AvgIpc) is 3.43. The van der Waals surface area contributed by atoms with Gasteiger partial charge in [0.2, 0.25) is 0 Å². The summed E-state index contributed by atoms with van der Waals surface area (Å²) in [6, 6.07) is 0.166. The van der Waals surface area contributed by atoms with Crippen molar-refractivity contribution in [3.8, 4) is 22.9 Å². The molecule has 0 radical (unpaired) electrons. The second-order valence-electron chi connectivity index (χ2n) is 9.06. The third-order valence-corrected chi connectivity index (χ3v) is 7.49. The van der Waals surface area contributed by atoms with E-state index in [9.17, 15) is 0 Å².